The van der Waals surface area contributed by atoms with Gasteiger partial charge in [-0.05, 0) is 30.7 Å². The summed E-state index contributed by atoms with van der Waals surface area (Å²) in [7, 11) is -2.84. The maximum atomic E-state index is 12.0. The van der Waals surface area contributed by atoms with E-state index < -0.39 is 9.84 Å². The van der Waals surface area contributed by atoms with E-state index in [1.165, 1.54) is 5.56 Å². The van der Waals surface area contributed by atoms with Gasteiger partial charge in [-0.3, -0.25) is 4.90 Å². The third-order valence-corrected chi connectivity index (χ3v) is 7.36. The number of piperidine rings is 1. The van der Waals surface area contributed by atoms with Crippen LogP contribution in [-0.2, 0) is 16.4 Å². The van der Waals surface area contributed by atoms with Crippen LogP contribution in [0.3, 0.4) is 0 Å². The summed E-state index contributed by atoms with van der Waals surface area (Å²) in [6.07, 6.45) is 2.79. The molecule has 0 amide bonds. The van der Waals surface area contributed by atoms with E-state index in [-0.39, 0.29) is 5.25 Å². The first-order valence-electron chi connectivity index (χ1n) is 8.74. The molecule has 2 saturated heterocycles. The standard InChI is InChI=1S/C18H28N2O2S/c1-15-10-17(19-11-18-8-5-9-23(18,21)22)14-20(12-15)13-16-6-3-2-4-7-16/h2-4,6-7,15,17-19H,5,8-14H2,1H3/t15-,17+,18+/m1/s1. The molecule has 23 heavy (non-hydrogen) atoms. The van der Waals surface area contributed by atoms with Gasteiger partial charge in [-0.1, -0.05) is 37.3 Å². The normalized spacial score (nSPS) is 31.3. The van der Waals surface area contributed by atoms with Gasteiger partial charge in [0.25, 0.3) is 0 Å². The number of sulfone groups is 1. The number of hydrogen-bond acceptors (Lipinski definition) is 4. The van der Waals surface area contributed by atoms with E-state index in [9.17, 15) is 8.42 Å². The first-order valence-corrected chi connectivity index (χ1v) is 10.5. The molecule has 0 radical (unpaired) electrons. The van der Waals surface area contributed by atoms with Gasteiger partial charge < -0.3 is 5.32 Å². The summed E-state index contributed by atoms with van der Waals surface area (Å²) >= 11 is 0. The molecule has 4 nitrogen and oxygen atoms in total. The van der Waals surface area contributed by atoms with Crippen molar-refractivity contribution in [1.29, 1.82) is 0 Å². The Morgan fingerprint density at radius 2 is 2.00 bits per heavy atom. The summed E-state index contributed by atoms with van der Waals surface area (Å²) in [4.78, 5) is 2.49. The maximum absolute atomic E-state index is 12.0. The van der Waals surface area contributed by atoms with Crippen LogP contribution in [-0.4, -0.2) is 50.0 Å². The van der Waals surface area contributed by atoms with Gasteiger partial charge in [-0.15, -0.1) is 0 Å². The minimum atomic E-state index is -2.84. The van der Waals surface area contributed by atoms with Crippen LogP contribution >= 0.6 is 0 Å². The predicted octanol–water partition coefficient (Wildman–Crippen LogP) is 2.06. The molecule has 0 bridgehead atoms. The Labute approximate surface area is 140 Å². The van der Waals surface area contributed by atoms with E-state index in [0.29, 0.717) is 24.3 Å². The number of likely N-dealkylation sites (tertiary alicyclic amines) is 1. The summed E-state index contributed by atoms with van der Waals surface area (Å²) in [5, 5.41) is 3.38. The molecule has 2 aliphatic rings. The quantitative estimate of drug-likeness (QED) is 0.894. The molecule has 0 unspecified atom stereocenters. The van der Waals surface area contributed by atoms with Crippen molar-refractivity contribution in [3.8, 4) is 0 Å². The molecule has 2 aliphatic heterocycles. The van der Waals surface area contributed by atoms with Gasteiger partial charge in [0.05, 0.1) is 11.0 Å². The van der Waals surface area contributed by atoms with Crippen molar-refractivity contribution in [3.05, 3.63) is 35.9 Å². The van der Waals surface area contributed by atoms with Crippen LogP contribution < -0.4 is 5.32 Å². The van der Waals surface area contributed by atoms with E-state index in [2.05, 4.69) is 47.5 Å². The number of nitrogens with one attached hydrogen (secondary N) is 1. The average molecular weight is 337 g/mol. The summed E-state index contributed by atoms with van der Waals surface area (Å²) in [5.41, 5.74) is 1.35. The molecule has 2 fully saturated rings. The third-order valence-electron chi connectivity index (χ3n) is 5.08. The lowest BCUT2D eigenvalue weighted by Crippen LogP contribution is -2.50. The van der Waals surface area contributed by atoms with Crippen molar-refractivity contribution in [2.24, 2.45) is 5.92 Å². The Balaban J connectivity index is 1.53. The first kappa shape index (κ1) is 16.9. The third kappa shape index (κ3) is 4.55. The summed E-state index contributed by atoms with van der Waals surface area (Å²) in [5.74, 6) is 1.02. The molecule has 0 saturated carbocycles. The van der Waals surface area contributed by atoms with Gasteiger partial charge in [0.15, 0.2) is 9.84 Å². The van der Waals surface area contributed by atoms with Crippen molar-refractivity contribution in [3.63, 3.8) is 0 Å². The van der Waals surface area contributed by atoms with Crippen LogP contribution in [0.5, 0.6) is 0 Å². The molecule has 5 heteroatoms. The average Bonchev–Trinajstić information content (AvgIpc) is 2.84. The van der Waals surface area contributed by atoms with Gasteiger partial charge in [0.1, 0.15) is 0 Å². The van der Waals surface area contributed by atoms with Crippen molar-refractivity contribution >= 4 is 9.84 Å². The minimum Gasteiger partial charge on any atom is -0.311 e. The molecular weight excluding hydrogens is 308 g/mol. The first-order chi connectivity index (χ1) is 11.0. The lowest BCUT2D eigenvalue weighted by molar-refractivity contribution is 0.142. The maximum Gasteiger partial charge on any atom is 0.154 e. The SMILES string of the molecule is C[C@@H]1C[C@H](NC[C@@H]2CCCS2(=O)=O)CN(Cc2ccccc2)C1. The Kier molecular flexibility index (Phi) is 5.39. The van der Waals surface area contributed by atoms with Crippen molar-refractivity contribution in [2.45, 2.75) is 44.0 Å². The molecule has 0 spiro atoms. The van der Waals surface area contributed by atoms with E-state index in [1.54, 1.807) is 0 Å². The molecule has 128 valence electrons. The fourth-order valence-electron chi connectivity index (χ4n) is 3.97. The number of hydrogen-bond donors (Lipinski definition) is 1. The molecule has 0 aliphatic carbocycles. The largest absolute Gasteiger partial charge is 0.311 e. The molecule has 1 N–H and O–H groups in total. The second-order valence-corrected chi connectivity index (χ2v) is 9.66. The highest BCUT2D eigenvalue weighted by atomic mass is 32.2. The zero-order valence-electron chi connectivity index (χ0n) is 13.9. The van der Waals surface area contributed by atoms with Gasteiger partial charge >= 0.3 is 0 Å². The molecule has 3 atom stereocenters. The molecule has 1 aromatic carbocycles. The molecule has 3 rings (SSSR count). The monoisotopic (exact) mass is 336 g/mol. The van der Waals surface area contributed by atoms with Crippen LogP contribution in [0.15, 0.2) is 30.3 Å². The Hall–Kier alpha value is -0.910. The van der Waals surface area contributed by atoms with Gasteiger partial charge in [-0.25, -0.2) is 8.42 Å². The highest BCUT2D eigenvalue weighted by Crippen LogP contribution is 2.22. The number of rotatable bonds is 5. The summed E-state index contributed by atoms with van der Waals surface area (Å²) < 4.78 is 23.9. The lowest BCUT2D eigenvalue weighted by atomic mass is 9.95. The number of nitrogens with zero attached hydrogens (tertiary/aromatic N) is 1. The second kappa shape index (κ2) is 7.32. The summed E-state index contributed by atoms with van der Waals surface area (Å²) in [6, 6.07) is 11.0. The van der Waals surface area contributed by atoms with Crippen molar-refractivity contribution < 1.29 is 8.42 Å². The van der Waals surface area contributed by atoms with Gasteiger partial charge in [0, 0.05) is 32.2 Å². The second-order valence-electron chi connectivity index (χ2n) is 7.26. The van der Waals surface area contributed by atoms with Crippen molar-refractivity contribution in [1.82, 2.24) is 10.2 Å². The van der Waals surface area contributed by atoms with Crippen LogP contribution in [0.4, 0.5) is 0 Å². The predicted molar refractivity (Wildman–Crippen MR) is 94.1 cm³/mol. The summed E-state index contributed by atoms with van der Waals surface area (Å²) in [6.45, 7) is 6.02. The fourth-order valence-corrected chi connectivity index (χ4v) is 5.74. The topological polar surface area (TPSA) is 49.4 Å². The molecule has 1 aromatic rings. The van der Waals surface area contributed by atoms with Crippen LogP contribution in [0, 0.1) is 5.92 Å². The van der Waals surface area contributed by atoms with Gasteiger partial charge in [-0.2, -0.15) is 0 Å². The van der Waals surface area contributed by atoms with Crippen LogP contribution in [0.1, 0.15) is 31.7 Å². The fraction of sp³-hybridized carbons (Fsp3) is 0.667. The zero-order chi connectivity index (χ0) is 16.3. The van der Waals surface area contributed by atoms with Crippen molar-refractivity contribution in [2.75, 3.05) is 25.4 Å². The minimum absolute atomic E-state index is 0.165. The van der Waals surface area contributed by atoms with E-state index >= 15 is 0 Å². The Bertz CT molecular complexity index is 603. The van der Waals surface area contributed by atoms with Crippen LogP contribution in [0.25, 0.3) is 0 Å². The smallest absolute Gasteiger partial charge is 0.154 e. The van der Waals surface area contributed by atoms with Gasteiger partial charge in [0.2, 0.25) is 0 Å². The molecule has 2 heterocycles. The number of benzene rings is 1. The highest BCUT2D eigenvalue weighted by molar-refractivity contribution is 7.92. The lowest BCUT2D eigenvalue weighted by Gasteiger charge is -2.37. The van der Waals surface area contributed by atoms with E-state index in [0.717, 1.165) is 38.9 Å². The Morgan fingerprint density at radius 3 is 2.70 bits per heavy atom. The molecule has 0 aromatic heterocycles. The zero-order valence-corrected chi connectivity index (χ0v) is 14.8. The molecular formula is C18H28N2O2S. The Morgan fingerprint density at radius 1 is 1.22 bits per heavy atom. The van der Waals surface area contributed by atoms with Crippen LogP contribution in [0.2, 0.25) is 0 Å². The van der Waals surface area contributed by atoms with E-state index in [1.807, 2.05) is 0 Å². The highest BCUT2D eigenvalue weighted by Gasteiger charge is 2.32. The van der Waals surface area contributed by atoms with E-state index in [4.69, 9.17) is 0 Å².